The molecule has 0 aliphatic heterocycles. The summed E-state index contributed by atoms with van der Waals surface area (Å²) in [4.78, 5) is 13.0. The van der Waals surface area contributed by atoms with E-state index in [1.807, 2.05) is 41.9 Å². The van der Waals surface area contributed by atoms with Crippen molar-refractivity contribution in [2.45, 2.75) is 25.2 Å². The number of carbonyl (C=O) groups excluding carboxylic acids is 1. The summed E-state index contributed by atoms with van der Waals surface area (Å²) in [5.41, 5.74) is 2.32. The van der Waals surface area contributed by atoms with Crippen LogP contribution in [-0.4, -0.2) is 30.9 Å². The summed E-state index contributed by atoms with van der Waals surface area (Å²) in [6, 6.07) is 16.4. The van der Waals surface area contributed by atoms with Crippen molar-refractivity contribution in [1.82, 2.24) is 19.3 Å². The number of aryl methyl sites for hydroxylation is 1. The number of benzene rings is 2. The van der Waals surface area contributed by atoms with Crippen LogP contribution in [0.3, 0.4) is 0 Å². The molecule has 4 rings (SSSR count). The van der Waals surface area contributed by atoms with Crippen molar-refractivity contribution >= 4 is 17.5 Å². The van der Waals surface area contributed by atoms with Crippen LogP contribution >= 0.6 is 11.8 Å². The Hall–Kier alpha value is -3.33. The second kappa shape index (κ2) is 8.90. The third kappa shape index (κ3) is 4.59. The molecule has 9 heteroatoms. The van der Waals surface area contributed by atoms with E-state index in [2.05, 4.69) is 10.2 Å². The molecule has 0 radical (unpaired) electrons. The van der Waals surface area contributed by atoms with Gasteiger partial charge < -0.3 is 9.13 Å². The molecule has 0 aliphatic carbocycles. The summed E-state index contributed by atoms with van der Waals surface area (Å²) in [5, 5.41) is 9.03. The normalized spacial score (nSPS) is 11.7. The van der Waals surface area contributed by atoms with E-state index in [-0.39, 0.29) is 11.5 Å². The Morgan fingerprint density at radius 1 is 1.00 bits per heavy atom. The van der Waals surface area contributed by atoms with Crippen LogP contribution in [0.2, 0.25) is 0 Å². The molecule has 170 valence electrons. The van der Waals surface area contributed by atoms with Crippen LogP contribution in [0.15, 0.2) is 65.8 Å². The van der Waals surface area contributed by atoms with Crippen molar-refractivity contribution < 1.29 is 18.0 Å². The molecule has 0 atom stereocenters. The minimum absolute atomic E-state index is 0.129. The molecule has 0 N–H and O–H groups in total. The van der Waals surface area contributed by atoms with Crippen molar-refractivity contribution in [2.24, 2.45) is 7.05 Å². The van der Waals surface area contributed by atoms with Crippen LogP contribution in [0.25, 0.3) is 17.1 Å². The fourth-order valence-electron chi connectivity index (χ4n) is 3.75. The van der Waals surface area contributed by atoms with Crippen LogP contribution < -0.4 is 0 Å². The minimum atomic E-state index is -4.44. The molecule has 4 aromatic rings. The van der Waals surface area contributed by atoms with Crippen LogP contribution in [0.1, 0.15) is 27.3 Å². The molecule has 0 aliphatic rings. The number of aromatic nitrogens is 4. The van der Waals surface area contributed by atoms with Gasteiger partial charge >= 0.3 is 6.18 Å². The molecule has 5 nitrogen and oxygen atoms in total. The topological polar surface area (TPSA) is 52.7 Å². The van der Waals surface area contributed by atoms with E-state index >= 15 is 0 Å². The lowest BCUT2D eigenvalue weighted by atomic mass is 10.1. The van der Waals surface area contributed by atoms with Crippen molar-refractivity contribution in [3.05, 3.63) is 83.2 Å². The van der Waals surface area contributed by atoms with Gasteiger partial charge in [0, 0.05) is 35.2 Å². The number of nitrogens with zero attached hydrogens (tertiary/aromatic N) is 4. The van der Waals surface area contributed by atoms with Gasteiger partial charge in [0.2, 0.25) is 0 Å². The average Bonchev–Trinajstić information content (AvgIpc) is 3.30. The lowest BCUT2D eigenvalue weighted by Crippen LogP contribution is -2.08. The van der Waals surface area contributed by atoms with Gasteiger partial charge in [-0.3, -0.25) is 4.79 Å². The molecule has 2 aromatic carbocycles. The van der Waals surface area contributed by atoms with E-state index in [4.69, 9.17) is 0 Å². The van der Waals surface area contributed by atoms with E-state index < -0.39 is 11.7 Å². The zero-order valence-electron chi connectivity index (χ0n) is 18.2. The van der Waals surface area contributed by atoms with Gasteiger partial charge in [0.15, 0.2) is 16.8 Å². The van der Waals surface area contributed by atoms with E-state index in [1.165, 1.54) is 17.8 Å². The van der Waals surface area contributed by atoms with Gasteiger partial charge in [0.05, 0.1) is 11.3 Å². The summed E-state index contributed by atoms with van der Waals surface area (Å²) < 4.78 is 42.9. The summed E-state index contributed by atoms with van der Waals surface area (Å²) in [7, 11) is 1.84. The lowest BCUT2D eigenvalue weighted by molar-refractivity contribution is -0.137. The SMILES string of the molecule is Cc1cc(C(=O)CSc2nnc(-c3ccccc3)n2C)c(C)n1-c1cccc(C(F)(F)F)c1. The molecule has 0 fully saturated rings. The number of halogens is 3. The van der Waals surface area contributed by atoms with Gasteiger partial charge in [-0.2, -0.15) is 13.2 Å². The van der Waals surface area contributed by atoms with Crippen molar-refractivity contribution in [1.29, 1.82) is 0 Å². The van der Waals surface area contributed by atoms with Crippen LogP contribution in [-0.2, 0) is 13.2 Å². The molecule has 2 heterocycles. The molecule has 0 unspecified atom stereocenters. The zero-order chi connectivity index (χ0) is 23.8. The maximum Gasteiger partial charge on any atom is 0.416 e. The van der Waals surface area contributed by atoms with Crippen molar-refractivity contribution in [3.8, 4) is 17.1 Å². The molecule has 2 aromatic heterocycles. The highest BCUT2D eigenvalue weighted by molar-refractivity contribution is 7.99. The Kier molecular flexibility index (Phi) is 6.16. The van der Waals surface area contributed by atoms with Crippen molar-refractivity contribution in [2.75, 3.05) is 5.75 Å². The summed E-state index contributed by atoms with van der Waals surface area (Å²) >= 11 is 1.27. The standard InChI is InChI=1S/C24H21F3N4OS/c1-15-12-20(16(2)31(15)19-11-7-10-18(13-19)24(25,26)27)21(32)14-33-23-29-28-22(30(23)3)17-8-5-4-6-9-17/h4-13H,14H2,1-3H3. The predicted octanol–water partition coefficient (Wildman–Crippen LogP) is 5.88. The largest absolute Gasteiger partial charge is 0.416 e. The van der Waals surface area contributed by atoms with Gasteiger partial charge in [-0.1, -0.05) is 48.2 Å². The lowest BCUT2D eigenvalue weighted by Gasteiger charge is -2.13. The number of hydrogen-bond donors (Lipinski definition) is 0. The Labute approximate surface area is 193 Å². The number of thioether (sulfide) groups is 1. The highest BCUT2D eigenvalue weighted by atomic mass is 32.2. The monoisotopic (exact) mass is 470 g/mol. The third-order valence-electron chi connectivity index (χ3n) is 5.36. The predicted molar refractivity (Wildman–Crippen MR) is 122 cm³/mol. The van der Waals surface area contributed by atoms with E-state index in [1.54, 1.807) is 30.5 Å². The van der Waals surface area contributed by atoms with Gasteiger partial charge in [0.1, 0.15) is 0 Å². The number of Topliss-reactive ketones (excluding diaryl/α,β-unsaturated/α-hetero) is 1. The number of hydrogen-bond acceptors (Lipinski definition) is 4. The number of carbonyl (C=O) groups is 1. The van der Waals surface area contributed by atoms with E-state index in [9.17, 15) is 18.0 Å². The van der Waals surface area contributed by atoms with Gasteiger partial charge in [0.25, 0.3) is 0 Å². The second-order valence-corrected chi connectivity index (χ2v) is 8.55. The van der Waals surface area contributed by atoms with Gasteiger partial charge in [-0.15, -0.1) is 10.2 Å². The second-order valence-electron chi connectivity index (χ2n) is 7.61. The summed E-state index contributed by atoms with van der Waals surface area (Å²) in [6.45, 7) is 3.51. The Morgan fingerprint density at radius 3 is 2.42 bits per heavy atom. The fraction of sp³-hybridized carbons (Fsp3) is 0.208. The molecule has 0 spiro atoms. The zero-order valence-corrected chi connectivity index (χ0v) is 19.0. The minimum Gasteiger partial charge on any atom is -0.318 e. The quantitative estimate of drug-likeness (QED) is 0.261. The molecule has 0 bridgehead atoms. The first-order chi connectivity index (χ1) is 15.7. The maximum atomic E-state index is 13.1. The highest BCUT2D eigenvalue weighted by Crippen LogP contribution is 2.32. The highest BCUT2D eigenvalue weighted by Gasteiger charge is 2.31. The van der Waals surface area contributed by atoms with Crippen LogP contribution in [0.5, 0.6) is 0 Å². The molecule has 33 heavy (non-hydrogen) atoms. The summed E-state index contributed by atoms with van der Waals surface area (Å²) in [6.07, 6.45) is -4.44. The van der Waals surface area contributed by atoms with Crippen LogP contribution in [0, 0.1) is 13.8 Å². The van der Waals surface area contributed by atoms with Crippen molar-refractivity contribution in [3.63, 3.8) is 0 Å². The first-order valence-corrected chi connectivity index (χ1v) is 11.1. The van der Waals surface area contributed by atoms with E-state index in [0.717, 1.165) is 17.7 Å². The maximum absolute atomic E-state index is 13.1. The first-order valence-electron chi connectivity index (χ1n) is 10.1. The Bertz CT molecular complexity index is 1310. The third-order valence-corrected chi connectivity index (χ3v) is 6.38. The number of rotatable bonds is 6. The molecule has 0 saturated carbocycles. The molecular formula is C24H21F3N4OS. The first kappa shape index (κ1) is 22.8. The average molecular weight is 471 g/mol. The van der Waals surface area contributed by atoms with Gasteiger partial charge in [-0.05, 0) is 38.1 Å². The summed E-state index contributed by atoms with van der Waals surface area (Å²) in [5.74, 6) is 0.706. The van der Waals surface area contributed by atoms with Gasteiger partial charge in [-0.25, -0.2) is 0 Å². The van der Waals surface area contributed by atoms with E-state index in [0.29, 0.717) is 33.6 Å². The number of alkyl halides is 3. The fourth-order valence-corrected chi connectivity index (χ4v) is 4.55. The Morgan fingerprint density at radius 2 is 1.73 bits per heavy atom. The van der Waals surface area contributed by atoms with Crippen LogP contribution in [0.4, 0.5) is 13.2 Å². The molecule has 0 amide bonds. The molecule has 0 saturated heterocycles. The Balaban J connectivity index is 1.55. The molecular weight excluding hydrogens is 449 g/mol. The number of ketones is 1. The smallest absolute Gasteiger partial charge is 0.318 e.